The predicted molar refractivity (Wildman–Crippen MR) is 84.2 cm³/mol. The molecule has 7 heteroatoms. The molecule has 1 saturated heterocycles. The third-order valence-corrected chi connectivity index (χ3v) is 4.26. The standard InChI is InChI=1S/C18H15NO6/c1-10-11(18(24)13-5-3-2-4-12(13)17(10)23)6-9-16(22)25-19-14(20)7-8-15(19)21/h2-5H,6-9H2,1H3. The molecule has 1 aliphatic heterocycles. The van der Waals surface area contributed by atoms with E-state index in [9.17, 15) is 24.0 Å². The summed E-state index contributed by atoms with van der Waals surface area (Å²) in [7, 11) is 0. The number of benzene rings is 1. The second kappa shape index (κ2) is 6.43. The molecule has 25 heavy (non-hydrogen) atoms. The van der Waals surface area contributed by atoms with Crippen molar-refractivity contribution in [2.24, 2.45) is 0 Å². The molecule has 0 aromatic heterocycles. The van der Waals surface area contributed by atoms with Crippen molar-refractivity contribution in [1.29, 1.82) is 0 Å². The fourth-order valence-corrected chi connectivity index (χ4v) is 2.88. The van der Waals surface area contributed by atoms with Crippen molar-refractivity contribution < 1.29 is 28.8 Å². The van der Waals surface area contributed by atoms with Gasteiger partial charge in [-0.25, -0.2) is 4.79 Å². The number of fused-ring (bicyclic) bond motifs is 1. The Hall–Kier alpha value is -3.09. The highest BCUT2D eigenvalue weighted by atomic mass is 16.7. The van der Waals surface area contributed by atoms with E-state index in [1.165, 1.54) is 0 Å². The zero-order valence-corrected chi connectivity index (χ0v) is 13.5. The van der Waals surface area contributed by atoms with E-state index in [2.05, 4.69) is 0 Å². The van der Waals surface area contributed by atoms with Crippen LogP contribution in [0.2, 0.25) is 0 Å². The lowest BCUT2D eigenvalue weighted by atomic mass is 9.83. The summed E-state index contributed by atoms with van der Waals surface area (Å²) >= 11 is 0. The minimum atomic E-state index is -0.803. The van der Waals surface area contributed by atoms with E-state index in [0.717, 1.165) is 0 Å². The van der Waals surface area contributed by atoms with E-state index < -0.39 is 17.8 Å². The molecule has 1 aromatic rings. The van der Waals surface area contributed by atoms with Gasteiger partial charge in [0.25, 0.3) is 11.8 Å². The minimum absolute atomic E-state index is 0.000203. The summed E-state index contributed by atoms with van der Waals surface area (Å²) in [6, 6.07) is 6.52. The van der Waals surface area contributed by atoms with Crippen LogP contribution in [0, 0.1) is 0 Å². The maximum absolute atomic E-state index is 12.6. The lowest BCUT2D eigenvalue weighted by Gasteiger charge is -2.19. The van der Waals surface area contributed by atoms with Crippen LogP contribution in [-0.2, 0) is 19.2 Å². The van der Waals surface area contributed by atoms with Gasteiger partial charge in [-0.05, 0) is 13.3 Å². The van der Waals surface area contributed by atoms with Crippen LogP contribution in [0.3, 0.4) is 0 Å². The predicted octanol–water partition coefficient (Wildman–Crippen LogP) is 1.77. The molecule has 1 heterocycles. The van der Waals surface area contributed by atoms with E-state index in [-0.39, 0.29) is 42.8 Å². The van der Waals surface area contributed by atoms with Gasteiger partial charge in [0.15, 0.2) is 11.6 Å². The van der Waals surface area contributed by atoms with Gasteiger partial charge in [-0.2, -0.15) is 0 Å². The molecular formula is C18H15NO6. The zero-order chi connectivity index (χ0) is 18.1. The first-order chi connectivity index (χ1) is 11.9. The molecule has 0 spiro atoms. The van der Waals surface area contributed by atoms with Gasteiger partial charge in [-0.15, -0.1) is 5.06 Å². The Labute approximate surface area is 143 Å². The van der Waals surface area contributed by atoms with Crippen molar-refractivity contribution in [2.75, 3.05) is 0 Å². The summed E-state index contributed by atoms with van der Waals surface area (Å²) in [5.74, 6) is -2.47. The largest absolute Gasteiger partial charge is 0.333 e. The molecule has 0 bridgehead atoms. The summed E-state index contributed by atoms with van der Waals surface area (Å²) in [4.78, 5) is 64.4. The number of Topliss-reactive ketones (excluding diaryl/α,β-unsaturated/α-hetero) is 2. The number of allylic oxidation sites excluding steroid dienone is 2. The fourth-order valence-electron chi connectivity index (χ4n) is 2.88. The normalized spacial score (nSPS) is 17.2. The monoisotopic (exact) mass is 341 g/mol. The van der Waals surface area contributed by atoms with Gasteiger partial charge in [0.2, 0.25) is 0 Å². The number of carbonyl (C=O) groups is 5. The maximum atomic E-state index is 12.6. The van der Waals surface area contributed by atoms with Crippen LogP contribution in [0.5, 0.6) is 0 Å². The second-order valence-corrected chi connectivity index (χ2v) is 5.85. The Bertz CT molecular complexity index is 835. The van der Waals surface area contributed by atoms with E-state index in [0.29, 0.717) is 21.8 Å². The molecule has 0 unspecified atom stereocenters. The Balaban J connectivity index is 1.71. The number of hydrogen-bond acceptors (Lipinski definition) is 6. The van der Waals surface area contributed by atoms with Gasteiger partial charge in [0.05, 0.1) is 6.42 Å². The summed E-state index contributed by atoms with van der Waals surface area (Å²) in [6.45, 7) is 1.55. The molecule has 128 valence electrons. The van der Waals surface area contributed by atoms with Crippen molar-refractivity contribution in [2.45, 2.75) is 32.6 Å². The van der Waals surface area contributed by atoms with Crippen molar-refractivity contribution in [3.8, 4) is 0 Å². The Kier molecular flexibility index (Phi) is 4.31. The Morgan fingerprint density at radius 3 is 2.16 bits per heavy atom. The van der Waals surface area contributed by atoms with E-state index >= 15 is 0 Å². The highest BCUT2D eigenvalue weighted by molar-refractivity contribution is 6.26. The van der Waals surface area contributed by atoms with E-state index in [1.807, 2.05) is 0 Å². The highest BCUT2D eigenvalue weighted by Gasteiger charge is 2.34. The molecule has 3 rings (SSSR count). The minimum Gasteiger partial charge on any atom is -0.330 e. The molecule has 0 atom stereocenters. The zero-order valence-electron chi connectivity index (χ0n) is 13.5. The topological polar surface area (TPSA) is 97.8 Å². The summed E-state index contributed by atoms with van der Waals surface area (Å²) in [5, 5.41) is 0.465. The van der Waals surface area contributed by atoms with Crippen LogP contribution >= 0.6 is 0 Å². The number of amides is 2. The number of hydroxylamine groups is 2. The van der Waals surface area contributed by atoms with E-state index in [1.54, 1.807) is 31.2 Å². The van der Waals surface area contributed by atoms with Crippen LogP contribution in [0.4, 0.5) is 0 Å². The number of rotatable bonds is 4. The summed E-state index contributed by atoms with van der Waals surface area (Å²) < 4.78 is 0. The number of nitrogens with zero attached hydrogens (tertiary/aromatic N) is 1. The highest BCUT2D eigenvalue weighted by Crippen LogP contribution is 2.28. The van der Waals surface area contributed by atoms with E-state index in [4.69, 9.17) is 4.84 Å². The van der Waals surface area contributed by atoms with Crippen molar-refractivity contribution >= 4 is 29.4 Å². The average molecular weight is 341 g/mol. The molecule has 2 amide bonds. The lowest BCUT2D eigenvalue weighted by Crippen LogP contribution is -2.32. The Morgan fingerprint density at radius 1 is 1.00 bits per heavy atom. The first-order valence-electron chi connectivity index (χ1n) is 7.85. The molecule has 1 aliphatic carbocycles. The van der Waals surface area contributed by atoms with Crippen molar-refractivity contribution in [3.05, 3.63) is 46.5 Å². The molecule has 0 N–H and O–H groups in total. The SMILES string of the molecule is CC1=C(CCC(=O)ON2C(=O)CCC2=O)C(=O)c2ccccc2C1=O. The third kappa shape index (κ3) is 3.00. The summed E-state index contributed by atoms with van der Waals surface area (Å²) in [6.07, 6.45) is -0.189. The molecule has 1 fully saturated rings. The van der Waals surface area contributed by atoms with Gasteiger partial charge < -0.3 is 4.84 Å². The molecule has 7 nitrogen and oxygen atoms in total. The summed E-state index contributed by atoms with van der Waals surface area (Å²) in [5.41, 5.74) is 1.21. The quantitative estimate of drug-likeness (QED) is 0.774. The van der Waals surface area contributed by atoms with Gasteiger partial charge in [0.1, 0.15) is 0 Å². The van der Waals surface area contributed by atoms with Gasteiger partial charge in [0, 0.05) is 35.1 Å². The van der Waals surface area contributed by atoms with Crippen LogP contribution in [0.15, 0.2) is 35.4 Å². The smallest absolute Gasteiger partial charge is 0.330 e. The fraction of sp³-hybridized carbons (Fsp3) is 0.278. The third-order valence-electron chi connectivity index (χ3n) is 4.26. The molecule has 0 saturated carbocycles. The molecule has 0 radical (unpaired) electrons. The van der Waals surface area contributed by atoms with Crippen LogP contribution < -0.4 is 0 Å². The first-order valence-corrected chi connectivity index (χ1v) is 7.85. The first kappa shape index (κ1) is 16.8. The molecule has 2 aliphatic rings. The number of imide groups is 1. The Morgan fingerprint density at radius 2 is 1.56 bits per heavy atom. The van der Waals surface area contributed by atoms with Crippen molar-refractivity contribution in [1.82, 2.24) is 5.06 Å². The molecule has 1 aromatic carbocycles. The number of carbonyl (C=O) groups excluding carboxylic acids is 5. The van der Waals surface area contributed by atoms with Crippen LogP contribution in [-0.4, -0.2) is 34.4 Å². The lowest BCUT2D eigenvalue weighted by molar-refractivity contribution is -0.197. The van der Waals surface area contributed by atoms with Gasteiger partial charge in [-0.1, -0.05) is 24.3 Å². The second-order valence-electron chi connectivity index (χ2n) is 5.85. The van der Waals surface area contributed by atoms with Crippen LogP contribution in [0.25, 0.3) is 0 Å². The van der Waals surface area contributed by atoms with Crippen LogP contribution in [0.1, 0.15) is 53.3 Å². The average Bonchev–Trinajstić information content (AvgIpc) is 2.91. The maximum Gasteiger partial charge on any atom is 0.333 e. The van der Waals surface area contributed by atoms with Gasteiger partial charge >= 0.3 is 5.97 Å². The number of hydrogen-bond donors (Lipinski definition) is 0. The molecular weight excluding hydrogens is 326 g/mol. The number of ketones is 2. The van der Waals surface area contributed by atoms with Crippen molar-refractivity contribution in [3.63, 3.8) is 0 Å². The van der Waals surface area contributed by atoms with Gasteiger partial charge in [-0.3, -0.25) is 19.2 Å².